The van der Waals surface area contributed by atoms with Crippen molar-refractivity contribution < 1.29 is 13.2 Å². The first-order valence-corrected chi connectivity index (χ1v) is 9.45. The lowest BCUT2D eigenvalue weighted by Crippen LogP contribution is -2.43. The standard InChI is InChI=1S/C14H24N4O3S/c1-4-17-8-7-13(16-17)11(2)15-14(19)12-5-9-18(10-6-12)22(3,20)21/h7-8,11-12H,4-6,9-10H2,1-3H3,(H,15,19). The van der Waals surface area contributed by atoms with Crippen LogP contribution in [0.15, 0.2) is 12.3 Å². The monoisotopic (exact) mass is 328 g/mol. The summed E-state index contributed by atoms with van der Waals surface area (Å²) in [5, 5.41) is 7.36. The zero-order valence-electron chi connectivity index (χ0n) is 13.3. The molecule has 124 valence electrons. The van der Waals surface area contributed by atoms with Crippen LogP contribution in [0.2, 0.25) is 0 Å². The summed E-state index contributed by atoms with van der Waals surface area (Å²) in [6.07, 6.45) is 4.23. The number of amides is 1. The molecule has 2 rings (SSSR count). The fourth-order valence-electron chi connectivity index (χ4n) is 2.64. The fraction of sp³-hybridized carbons (Fsp3) is 0.714. The lowest BCUT2D eigenvalue weighted by Gasteiger charge is -2.30. The normalized spacial score (nSPS) is 19.0. The highest BCUT2D eigenvalue weighted by Gasteiger charge is 2.29. The third-order valence-corrected chi connectivity index (χ3v) is 5.38. The predicted octanol–water partition coefficient (Wildman–Crippen LogP) is 0.752. The summed E-state index contributed by atoms with van der Waals surface area (Å²) in [5.41, 5.74) is 0.837. The van der Waals surface area contributed by atoms with Gasteiger partial charge < -0.3 is 5.32 Å². The number of nitrogens with one attached hydrogen (secondary N) is 1. The molecule has 1 atom stereocenters. The molecule has 0 aliphatic carbocycles. The molecule has 8 heteroatoms. The highest BCUT2D eigenvalue weighted by atomic mass is 32.2. The SMILES string of the molecule is CCn1ccc(C(C)NC(=O)C2CCN(S(C)(=O)=O)CC2)n1. The van der Waals surface area contributed by atoms with Crippen molar-refractivity contribution in [3.05, 3.63) is 18.0 Å². The Kier molecular flexibility index (Phi) is 5.23. The lowest BCUT2D eigenvalue weighted by atomic mass is 9.97. The number of aryl methyl sites for hydroxylation is 1. The van der Waals surface area contributed by atoms with E-state index in [0.717, 1.165) is 12.2 Å². The molecule has 0 aromatic carbocycles. The number of nitrogens with zero attached hydrogens (tertiary/aromatic N) is 3. The molecule has 1 aromatic rings. The van der Waals surface area contributed by atoms with Gasteiger partial charge in [-0.3, -0.25) is 9.48 Å². The summed E-state index contributed by atoms with van der Waals surface area (Å²) in [5.74, 6) is -0.152. The first-order chi connectivity index (χ1) is 10.3. The Bertz CT molecular complexity index is 618. The van der Waals surface area contributed by atoms with Crippen LogP contribution in [0.5, 0.6) is 0 Å². The van der Waals surface area contributed by atoms with Crippen LogP contribution < -0.4 is 5.32 Å². The minimum Gasteiger partial charge on any atom is -0.348 e. The van der Waals surface area contributed by atoms with Gasteiger partial charge in [0, 0.05) is 31.7 Å². The van der Waals surface area contributed by atoms with Crippen molar-refractivity contribution in [1.29, 1.82) is 0 Å². The molecule has 22 heavy (non-hydrogen) atoms. The molecule has 1 saturated heterocycles. The molecule has 0 bridgehead atoms. The molecule has 1 aliphatic heterocycles. The summed E-state index contributed by atoms with van der Waals surface area (Å²) >= 11 is 0. The van der Waals surface area contributed by atoms with Crippen LogP contribution in [0.1, 0.15) is 38.4 Å². The zero-order chi connectivity index (χ0) is 16.3. The van der Waals surface area contributed by atoms with Crippen LogP contribution in [0.3, 0.4) is 0 Å². The maximum atomic E-state index is 12.3. The van der Waals surface area contributed by atoms with E-state index in [1.54, 1.807) is 0 Å². The van der Waals surface area contributed by atoms with Gasteiger partial charge in [0.25, 0.3) is 0 Å². The first kappa shape index (κ1) is 17.0. The Balaban J connectivity index is 1.88. The van der Waals surface area contributed by atoms with E-state index in [2.05, 4.69) is 10.4 Å². The summed E-state index contributed by atoms with van der Waals surface area (Å²) in [6, 6.07) is 1.76. The molecule has 0 radical (unpaired) electrons. The van der Waals surface area contributed by atoms with Crippen LogP contribution in [-0.2, 0) is 21.4 Å². The average Bonchev–Trinajstić information content (AvgIpc) is 2.95. The molecule has 1 amide bonds. The van der Waals surface area contributed by atoms with Gasteiger partial charge in [0.2, 0.25) is 15.9 Å². The van der Waals surface area contributed by atoms with Crippen molar-refractivity contribution in [1.82, 2.24) is 19.4 Å². The molecule has 1 fully saturated rings. The summed E-state index contributed by atoms with van der Waals surface area (Å²) < 4.78 is 26.2. The van der Waals surface area contributed by atoms with Crippen molar-refractivity contribution in [3.8, 4) is 0 Å². The molecular formula is C14H24N4O3S. The molecule has 7 nitrogen and oxygen atoms in total. The van der Waals surface area contributed by atoms with Gasteiger partial charge in [0.05, 0.1) is 18.0 Å². The zero-order valence-corrected chi connectivity index (χ0v) is 14.1. The second kappa shape index (κ2) is 6.78. The Labute approximate surface area is 131 Å². The molecule has 1 unspecified atom stereocenters. The topological polar surface area (TPSA) is 84.3 Å². The molecule has 1 N–H and O–H groups in total. The summed E-state index contributed by atoms with van der Waals surface area (Å²) in [7, 11) is -3.15. The quantitative estimate of drug-likeness (QED) is 0.864. The van der Waals surface area contributed by atoms with Gasteiger partial charge >= 0.3 is 0 Å². The van der Waals surface area contributed by atoms with Crippen LogP contribution in [0.4, 0.5) is 0 Å². The third kappa shape index (κ3) is 4.07. The minimum atomic E-state index is -3.15. The summed E-state index contributed by atoms with van der Waals surface area (Å²) in [6.45, 7) is 5.54. The maximum absolute atomic E-state index is 12.3. The number of hydrogen-bond donors (Lipinski definition) is 1. The molecule has 1 aliphatic rings. The smallest absolute Gasteiger partial charge is 0.223 e. The number of sulfonamides is 1. The van der Waals surface area contributed by atoms with Crippen molar-refractivity contribution >= 4 is 15.9 Å². The van der Waals surface area contributed by atoms with E-state index in [0.29, 0.717) is 25.9 Å². The van der Waals surface area contributed by atoms with Gasteiger partial charge in [-0.25, -0.2) is 12.7 Å². The van der Waals surface area contributed by atoms with Crippen molar-refractivity contribution in [2.45, 2.75) is 39.3 Å². The highest BCUT2D eigenvalue weighted by molar-refractivity contribution is 7.88. The minimum absolute atomic E-state index is 0.0216. The molecular weight excluding hydrogens is 304 g/mol. The Morgan fingerprint density at radius 1 is 1.45 bits per heavy atom. The molecule has 0 saturated carbocycles. The molecule has 1 aromatic heterocycles. The fourth-order valence-corrected chi connectivity index (χ4v) is 3.51. The first-order valence-electron chi connectivity index (χ1n) is 7.60. The van der Waals surface area contributed by atoms with Gasteiger partial charge in [-0.2, -0.15) is 5.10 Å². The van der Waals surface area contributed by atoms with E-state index in [9.17, 15) is 13.2 Å². The Morgan fingerprint density at radius 2 is 2.09 bits per heavy atom. The van der Waals surface area contributed by atoms with E-state index in [-0.39, 0.29) is 17.9 Å². The number of aromatic nitrogens is 2. The predicted molar refractivity (Wildman–Crippen MR) is 83.6 cm³/mol. The van der Waals surface area contributed by atoms with Gasteiger partial charge in [-0.1, -0.05) is 0 Å². The average molecular weight is 328 g/mol. The number of piperidine rings is 1. The van der Waals surface area contributed by atoms with Gasteiger partial charge in [-0.15, -0.1) is 0 Å². The van der Waals surface area contributed by atoms with Gasteiger partial charge in [0.15, 0.2) is 0 Å². The van der Waals surface area contributed by atoms with E-state index in [1.165, 1.54) is 10.6 Å². The largest absolute Gasteiger partial charge is 0.348 e. The Morgan fingerprint density at radius 3 is 2.59 bits per heavy atom. The second-order valence-corrected chi connectivity index (χ2v) is 7.75. The van der Waals surface area contributed by atoms with E-state index >= 15 is 0 Å². The van der Waals surface area contributed by atoms with Crippen LogP contribution in [0.25, 0.3) is 0 Å². The van der Waals surface area contributed by atoms with Gasteiger partial charge in [0.1, 0.15) is 0 Å². The Hall–Kier alpha value is -1.41. The number of rotatable bonds is 5. The highest BCUT2D eigenvalue weighted by Crippen LogP contribution is 2.20. The third-order valence-electron chi connectivity index (χ3n) is 4.08. The number of carbonyl (C=O) groups excluding carboxylic acids is 1. The van der Waals surface area contributed by atoms with Crippen molar-refractivity contribution in [3.63, 3.8) is 0 Å². The van der Waals surface area contributed by atoms with E-state index in [1.807, 2.05) is 30.8 Å². The van der Waals surface area contributed by atoms with Crippen LogP contribution in [0, 0.1) is 5.92 Å². The summed E-state index contributed by atoms with van der Waals surface area (Å²) in [4.78, 5) is 12.3. The lowest BCUT2D eigenvalue weighted by molar-refractivity contribution is -0.126. The van der Waals surface area contributed by atoms with Crippen LogP contribution in [-0.4, -0.2) is 47.8 Å². The molecule has 0 spiro atoms. The van der Waals surface area contributed by atoms with E-state index < -0.39 is 10.0 Å². The maximum Gasteiger partial charge on any atom is 0.223 e. The second-order valence-electron chi connectivity index (χ2n) is 5.76. The van der Waals surface area contributed by atoms with Crippen molar-refractivity contribution in [2.24, 2.45) is 5.92 Å². The van der Waals surface area contributed by atoms with Crippen molar-refractivity contribution in [2.75, 3.05) is 19.3 Å². The number of carbonyl (C=O) groups is 1. The number of hydrogen-bond acceptors (Lipinski definition) is 4. The van der Waals surface area contributed by atoms with Crippen LogP contribution >= 0.6 is 0 Å². The van der Waals surface area contributed by atoms with E-state index in [4.69, 9.17) is 0 Å². The molecule has 2 heterocycles. The van der Waals surface area contributed by atoms with Gasteiger partial charge in [-0.05, 0) is 32.8 Å².